The summed E-state index contributed by atoms with van der Waals surface area (Å²) in [6.07, 6.45) is 12.4. The lowest BCUT2D eigenvalue weighted by Crippen LogP contribution is -2.29. The van der Waals surface area contributed by atoms with Gasteiger partial charge < -0.3 is 0 Å². The first-order valence-electron chi connectivity index (χ1n) is 5.26. The minimum atomic E-state index is 0.317. The van der Waals surface area contributed by atoms with E-state index in [9.17, 15) is 4.79 Å². The summed E-state index contributed by atoms with van der Waals surface area (Å²) in [6, 6.07) is 0. The lowest BCUT2D eigenvalue weighted by atomic mass is 9.73. The Kier molecular flexibility index (Phi) is 1.49. The molecule has 0 amide bonds. The quantitative estimate of drug-likeness (QED) is 0.515. The van der Waals surface area contributed by atoms with Crippen molar-refractivity contribution < 1.29 is 4.79 Å². The number of hydrogen-bond acceptors (Lipinski definition) is 1. The highest BCUT2D eigenvalue weighted by atomic mass is 16.1. The molecular weight excluding hydrogens is 160 g/mol. The van der Waals surface area contributed by atoms with E-state index in [0.717, 1.165) is 0 Å². The van der Waals surface area contributed by atoms with Crippen molar-refractivity contribution in [3.8, 4) is 0 Å². The van der Waals surface area contributed by atoms with Crippen LogP contribution in [0.15, 0.2) is 24.3 Å². The minimum absolute atomic E-state index is 0.317. The van der Waals surface area contributed by atoms with Crippen LogP contribution in [-0.2, 0) is 4.79 Å². The van der Waals surface area contributed by atoms with Gasteiger partial charge in [-0.25, -0.2) is 0 Å². The fraction of sp³-hybridized carbons (Fsp3) is 0.583. The molecule has 0 aromatic heterocycles. The molecule has 0 heterocycles. The van der Waals surface area contributed by atoms with Crippen LogP contribution >= 0.6 is 0 Å². The highest BCUT2D eigenvalue weighted by Gasteiger charge is 2.42. The van der Waals surface area contributed by atoms with Gasteiger partial charge in [0.15, 0.2) is 5.78 Å². The maximum atomic E-state index is 11.6. The van der Waals surface area contributed by atoms with Crippen LogP contribution in [0.2, 0.25) is 0 Å². The molecular formula is C12H14O. The predicted molar refractivity (Wildman–Crippen MR) is 51.1 cm³/mol. The van der Waals surface area contributed by atoms with Gasteiger partial charge in [0, 0.05) is 5.92 Å². The molecule has 0 saturated heterocycles. The van der Waals surface area contributed by atoms with Crippen molar-refractivity contribution in [3.05, 3.63) is 24.3 Å². The Labute approximate surface area is 78.5 Å². The molecule has 68 valence electrons. The minimum Gasteiger partial charge on any atom is -0.295 e. The fourth-order valence-corrected chi connectivity index (χ4v) is 3.22. The lowest BCUT2D eigenvalue weighted by Gasteiger charge is -2.29. The van der Waals surface area contributed by atoms with E-state index in [1.54, 1.807) is 0 Å². The van der Waals surface area contributed by atoms with Crippen molar-refractivity contribution in [2.45, 2.75) is 19.3 Å². The number of carbonyl (C=O) groups excluding carboxylic acids is 1. The molecule has 0 spiro atoms. The molecule has 4 aliphatic rings. The molecule has 4 atom stereocenters. The van der Waals surface area contributed by atoms with Crippen LogP contribution in [0, 0.1) is 23.7 Å². The summed E-state index contributed by atoms with van der Waals surface area (Å²) >= 11 is 0. The highest BCUT2D eigenvalue weighted by Crippen LogP contribution is 2.46. The van der Waals surface area contributed by atoms with Crippen molar-refractivity contribution in [2.75, 3.05) is 0 Å². The Hall–Kier alpha value is -0.850. The van der Waals surface area contributed by atoms with Gasteiger partial charge in [-0.1, -0.05) is 24.6 Å². The Morgan fingerprint density at radius 1 is 1.08 bits per heavy atom. The maximum Gasteiger partial charge on any atom is 0.159 e. The van der Waals surface area contributed by atoms with Gasteiger partial charge in [-0.05, 0) is 36.7 Å². The van der Waals surface area contributed by atoms with Gasteiger partial charge in [-0.15, -0.1) is 0 Å². The molecule has 1 nitrogen and oxygen atoms in total. The van der Waals surface area contributed by atoms with Gasteiger partial charge in [-0.2, -0.15) is 0 Å². The molecule has 4 aliphatic carbocycles. The first-order chi connectivity index (χ1) is 6.36. The van der Waals surface area contributed by atoms with E-state index < -0.39 is 0 Å². The molecule has 1 fully saturated rings. The van der Waals surface area contributed by atoms with Gasteiger partial charge in [0.05, 0.1) is 0 Å². The summed E-state index contributed by atoms with van der Waals surface area (Å²) in [5.74, 6) is 2.45. The SMILES string of the molecule is O=C1C=CC2C3C=CC(CCC3)C12. The molecule has 0 aliphatic heterocycles. The Morgan fingerprint density at radius 3 is 2.77 bits per heavy atom. The number of carbonyl (C=O) groups is 1. The second kappa shape index (κ2) is 2.57. The molecule has 0 N–H and O–H groups in total. The molecule has 4 rings (SSSR count). The Balaban J connectivity index is 2.04. The van der Waals surface area contributed by atoms with Gasteiger partial charge in [0.1, 0.15) is 0 Å². The summed E-state index contributed by atoms with van der Waals surface area (Å²) in [6.45, 7) is 0. The van der Waals surface area contributed by atoms with Crippen molar-refractivity contribution >= 4 is 5.78 Å². The molecule has 1 saturated carbocycles. The molecule has 0 aromatic rings. The molecule has 2 bridgehead atoms. The van der Waals surface area contributed by atoms with E-state index in [1.165, 1.54) is 19.3 Å². The normalized spacial score (nSPS) is 46.6. The second-order valence-corrected chi connectivity index (χ2v) is 4.51. The number of fused-ring (bicyclic) bond motifs is 2. The molecule has 0 radical (unpaired) electrons. The van der Waals surface area contributed by atoms with Crippen LogP contribution < -0.4 is 0 Å². The number of allylic oxidation sites excluding steroid dienone is 4. The zero-order chi connectivity index (χ0) is 8.84. The van der Waals surface area contributed by atoms with Crippen molar-refractivity contribution in [1.82, 2.24) is 0 Å². The maximum absolute atomic E-state index is 11.6. The summed E-state index contributed by atoms with van der Waals surface area (Å²) in [5, 5.41) is 0. The monoisotopic (exact) mass is 174 g/mol. The average Bonchev–Trinajstić information content (AvgIpc) is 2.40. The van der Waals surface area contributed by atoms with E-state index in [4.69, 9.17) is 0 Å². The van der Waals surface area contributed by atoms with E-state index >= 15 is 0 Å². The van der Waals surface area contributed by atoms with Crippen molar-refractivity contribution in [2.24, 2.45) is 23.7 Å². The zero-order valence-corrected chi connectivity index (χ0v) is 7.65. The van der Waals surface area contributed by atoms with E-state index in [0.29, 0.717) is 29.5 Å². The Morgan fingerprint density at radius 2 is 1.85 bits per heavy atom. The standard InChI is InChI=1S/C12H14O/c13-11-7-6-10-8-2-1-3-9(5-4-8)12(10)11/h4-10,12H,1-3H2. The second-order valence-electron chi connectivity index (χ2n) is 4.51. The van der Waals surface area contributed by atoms with Crippen LogP contribution in [0.3, 0.4) is 0 Å². The molecule has 0 aromatic carbocycles. The molecule has 1 heteroatoms. The summed E-state index contributed by atoms with van der Waals surface area (Å²) in [4.78, 5) is 11.6. The topological polar surface area (TPSA) is 17.1 Å². The van der Waals surface area contributed by atoms with Crippen molar-refractivity contribution in [3.63, 3.8) is 0 Å². The van der Waals surface area contributed by atoms with E-state index in [-0.39, 0.29) is 0 Å². The van der Waals surface area contributed by atoms with Gasteiger partial charge in [0.2, 0.25) is 0 Å². The summed E-state index contributed by atoms with van der Waals surface area (Å²) in [7, 11) is 0. The lowest BCUT2D eigenvalue weighted by molar-refractivity contribution is -0.119. The van der Waals surface area contributed by atoms with Gasteiger partial charge >= 0.3 is 0 Å². The Bertz CT molecular complexity index is 300. The van der Waals surface area contributed by atoms with Crippen LogP contribution in [-0.4, -0.2) is 5.78 Å². The summed E-state index contributed by atoms with van der Waals surface area (Å²) < 4.78 is 0. The van der Waals surface area contributed by atoms with Crippen LogP contribution in [0.1, 0.15) is 19.3 Å². The third-order valence-electron chi connectivity index (χ3n) is 3.86. The number of ketones is 1. The molecule has 4 unspecified atom stereocenters. The van der Waals surface area contributed by atoms with Gasteiger partial charge in [-0.3, -0.25) is 4.79 Å². The van der Waals surface area contributed by atoms with E-state index in [2.05, 4.69) is 18.2 Å². The first kappa shape index (κ1) is 7.54. The molecule has 13 heavy (non-hydrogen) atoms. The van der Waals surface area contributed by atoms with Crippen LogP contribution in [0.5, 0.6) is 0 Å². The van der Waals surface area contributed by atoms with Gasteiger partial charge in [0.25, 0.3) is 0 Å². The first-order valence-corrected chi connectivity index (χ1v) is 5.26. The smallest absolute Gasteiger partial charge is 0.159 e. The highest BCUT2D eigenvalue weighted by molar-refractivity contribution is 5.95. The predicted octanol–water partition coefficient (Wildman–Crippen LogP) is 2.34. The number of rotatable bonds is 0. The number of hydrogen-bond donors (Lipinski definition) is 0. The van der Waals surface area contributed by atoms with Crippen LogP contribution in [0.25, 0.3) is 0 Å². The summed E-state index contributed by atoms with van der Waals surface area (Å²) in [5.41, 5.74) is 0. The average molecular weight is 174 g/mol. The van der Waals surface area contributed by atoms with E-state index in [1.807, 2.05) is 6.08 Å². The third-order valence-corrected chi connectivity index (χ3v) is 3.86. The largest absolute Gasteiger partial charge is 0.295 e. The zero-order valence-electron chi connectivity index (χ0n) is 7.65. The fourth-order valence-electron chi connectivity index (χ4n) is 3.22. The van der Waals surface area contributed by atoms with Crippen LogP contribution in [0.4, 0.5) is 0 Å². The van der Waals surface area contributed by atoms with Crippen molar-refractivity contribution in [1.29, 1.82) is 0 Å². The third kappa shape index (κ3) is 0.962.